The molecule has 1 aliphatic rings. The molecule has 0 saturated carbocycles. The first kappa shape index (κ1) is 14.3. The van der Waals surface area contributed by atoms with Gasteiger partial charge >= 0.3 is 5.97 Å². The van der Waals surface area contributed by atoms with Crippen LogP contribution in [0, 0.1) is 0 Å². The van der Waals surface area contributed by atoms with E-state index < -0.39 is 11.6 Å². The number of nitrogens with two attached hydrogens (primary N) is 1. The summed E-state index contributed by atoms with van der Waals surface area (Å²) >= 11 is 0. The van der Waals surface area contributed by atoms with Crippen molar-refractivity contribution in [1.29, 1.82) is 0 Å². The number of hydrogen-bond acceptors (Lipinski definition) is 5. The van der Waals surface area contributed by atoms with E-state index in [1.807, 2.05) is 0 Å². The predicted octanol–water partition coefficient (Wildman–Crippen LogP) is 0.822. The van der Waals surface area contributed by atoms with Gasteiger partial charge in [-0.2, -0.15) is 0 Å². The number of rotatable bonds is 3. The van der Waals surface area contributed by atoms with E-state index in [1.54, 1.807) is 32.0 Å². The number of ether oxygens (including phenoxy) is 2. The number of carbonyl (C=O) groups is 2. The first-order valence-electron chi connectivity index (χ1n) is 6.30. The molecule has 1 aromatic rings. The monoisotopic (exact) mass is 278 g/mol. The van der Waals surface area contributed by atoms with Crippen molar-refractivity contribution in [1.82, 2.24) is 0 Å². The van der Waals surface area contributed by atoms with Crippen LogP contribution in [0.3, 0.4) is 0 Å². The second kappa shape index (κ2) is 5.13. The van der Waals surface area contributed by atoms with Gasteiger partial charge in [0.2, 0.25) is 0 Å². The van der Waals surface area contributed by atoms with Gasteiger partial charge in [0.25, 0.3) is 5.91 Å². The molecule has 1 aromatic carbocycles. The highest BCUT2D eigenvalue weighted by Crippen LogP contribution is 2.38. The van der Waals surface area contributed by atoms with Crippen molar-refractivity contribution in [2.75, 3.05) is 18.6 Å². The molecule has 108 valence electrons. The van der Waals surface area contributed by atoms with Crippen LogP contribution in [0.25, 0.3) is 0 Å². The van der Waals surface area contributed by atoms with Crippen LogP contribution in [0.1, 0.15) is 19.4 Å². The Bertz CT molecular complexity index is 554. The van der Waals surface area contributed by atoms with Gasteiger partial charge in [0.15, 0.2) is 5.60 Å². The summed E-state index contributed by atoms with van der Waals surface area (Å²) in [6, 6.07) is 5.32. The highest BCUT2D eigenvalue weighted by molar-refractivity contribution is 6.05. The Morgan fingerprint density at radius 3 is 2.75 bits per heavy atom. The molecule has 0 fully saturated rings. The zero-order valence-corrected chi connectivity index (χ0v) is 11.8. The maximum absolute atomic E-state index is 12.4. The average molecular weight is 278 g/mol. The molecule has 0 radical (unpaired) electrons. The second-order valence-electron chi connectivity index (χ2n) is 5.09. The minimum atomic E-state index is -1.03. The first-order chi connectivity index (χ1) is 9.39. The number of esters is 1. The number of hydrogen-bond donors (Lipinski definition) is 1. The highest BCUT2D eigenvalue weighted by atomic mass is 16.5. The Balaban J connectivity index is 2.46. The lowest BCUT2D eigenvalue weighted by molar-refractivity contribution is -0.142. The van der Waals surface area contributed by atoms with E-state index in [0.29, 0.717) is 18.0 Å². The van der Waals surface area contributed by atoms with Crippen molar-refractivity contribution < 1.29 is 19.1 Å². The van der Waals surface area contributed by atoms with Crippen molar-refractivity contribution in [2.24, 2.45) is 5.73 Å². The molecule has 1 heterocycles. The van der Waals surface area contributed by atoms with E-state index in [9.17, 15) is 9.59 Å². The maximum Gasteiger partial charge on any atom is 0.325 e. The molecule has 2 rings (SSSR count). The molecule has 2 N–H and O–H groups in total. The standard InChI is InChI=1S/C14H18N2O4/c1-14(2)13(18)16(8-12(17)19-3)10-5-4-9(7-15)6-11(10)20-14/h4-6H,7-8,15H2,1-3H3. The average Bonchev–Trinajstić information content (AvgIpc) is 2.42. The van der Waals surface area contributed by atoms with Crippen molar-refractivity contribution in [2.45, 2.75) is 26.0 Å². The third-order valence-electron chi connectivity index (χ3n) is 3.19. The number of anilines is 1. The summed E-state index contributed by atoms with van der Waals surface area (Å²) in [6.07, 6.45) is 0. The molecule has 6 heteroatoms. The number of amides is 1. The summed E-state index contributed by atoms with van der Waals surface area (Å²) in [5.41, 5.74) is 6.02. The van der Waals surface area contributed by atoms with E-state index in [-0.39, 0.29) is 12.5 Å². The van der Waals surface area contributed by atoms with Crippen molar-refractivity contribution in [3.05, 3.63) is 23.8 Å². The van der Waals surface area contributed by atoms with E-state index in [4.69, 9.17) is 10.5 Å². The van der Waals surface area contributed by atoms with Gasteiger partial charge in [-0.1, -0.05) is 6.07 Å². The van der Waals surface area contributed by atoms with Crippen LogP contribution >= 0.6 is 0 Å². The third kappa shape index (κ3) is 2.46. The molecular weight excluding hydrogens is 260 g/mol. The van der Waals surface area contributed by atoms with E-state index in [0.717, 1.165) is 5.56 Å². The van der Waals surface area contributed by atoms with E-state index >= 15 is 0 Å². The van der Waals surface area contributed by atoms with Crippen LogP contribution in [-0.2, 0) is 20.9 Å². The minimum absolute atomic E-state index is 0.142. The number of benzene rings is 1. The van der Waals surface area contributed by atoms with Gasteiger partial charge in [-0.05, 0) is 31.5 Å². The molecule has 1 aliphatic heterocycles. The summed E-state index contributed by atoms with van der Waals surface area (Å²) in [5.74, 6) is -0.220. The van der Waals surface area contributed by atoms with E-state index in [2.05, 4.69) is 4.74 Å². The van der Waals surface area contributed by atoms with Gasteiger partial charge in [0, 0.05) is 6.54 Å². The molecule has 6 nitrogen and oxygen atoms in total. The fraction of sp³-hybridized carbons (Fsp3) is 0.429. The molecule has 0 saturated heterocycles. The molecule has 1 amide bonds. The normalized spacial score (nSPS) is 16.4. The largest absolute Gasteiger partial charge is 0.476 e. The molecule has 0 spiro atoms. The van der Waals surface area contributed by atoms with Crippen LogP contribution in [-0.4, -0.2) is 31.1 Å². The van der Waals surface area contributed by atoms with Gasteiger partial charge in [-0.25, -0.2) is 0 Å². The SMILES string of the molecule is COC(=O)CN1C(=O)C(C)(C)Oc2cc(CN)ccc21. The number of fused-ring (bicyclic) bond motifs is 1. The molecule has 0 aromatic heterocycles. The zero-order valence-electron chi connectivity index (χ0n) is 11.8. The Hall–Kier alpha value is -2.08. The fourth-order valence-corrected chi connectivity index (χ4v) is 2.09. The van der Waals surface area contributed by atoms with Crippen LogP contribution in [0.4, 0.5) is 5.69 Å². The number of nitrogens with zero attached hydrogens (tertiary/aromatic N) is 1. The quantitative estimate of drug-likeness (QED) is 0.828. The summed E-state index contributed by atoms with van der Waals surface area (Å²) in [4.78, 5) is 25.3. The van der Waals surface area contributed by atoms with Gasteiger partial charge < -0.3 is 15.2 Å². The number of methoxy groups -OCH3 is 1. The Morgan fingerprint density at radius 2 is 2.15 bits per heavy atom. The lowest BCUT2D eigenvalue weighted by Crippen LogP contribution is -2.54. The second-order valence-corrected chi connectivity index (χ2v) is 5.09. The first-order valence-corrected chi connectivity index (χ1v) is 6.30. The predicted molar refractivity (Wildman–Crippen MR) is 73.4 cm³/mol. The summed E-state index contributed by atoms with van der Waals surface area (Å²) in [7, 11) is 1.29. The van der Waals surface area contributed by atoms with Gasteiger partial charge in [0.05, 0.1) is 12.8 Å². The summed E-state index contributed by atoms with van der Waals surface area (Å²) < 4.78 is 10.4. The Kier molecular flexibility index (Phi) is 3.67. The molecule has 0 aliphatic carbocycles. The topological polar surface area (TPSA) is 81.9 Å². The van der Waals surface area contributed by atoms with Gasteiger partial charge in [-0.3, -0.25) is 14.5 Å². The minimum Gasteiger partial charge on any atom is -0.476 e. The maximum atomic E-state index is 12.4. The molecule has 0 bridgehead atoms. The van der Waals surface area contributed by atoms with Crippen molar-refractivity contribution >= 4 is 17.6 Å². The molecular formula is C14H18N2O4. The summed E-state index contributed by atoms with van der Waals surface area (Å²) in [5, 5.41) is 0. The molecule has 20 heavy (non-hydrogen) atoms. The fourth-order valence-electron chi connectivity index (χ4n) is 2.09. The third-order valence-corrected chi connectivity index (χ3v) is 3.19. The lowest BCUT2D eigenvalue weighted by Gasteiger charge is -2.38. The zero-order chi connectivity index (χ0) is 14.9. The van der Waals surface area contributed by atoms with Crippen LogP contribution in [0.2, 0.25) is 0 Å². The van der Waals surface area contributed by atoms with Gasteiger partial charge in [0.1, 0.15) is 12.3 Å². The van der Waals surface area contributed by atoms with Crippen molar-refractivity contribution in [3.8, 4) is 5.75 Å². The Labute approximate surface area is 117 Å². The van der Waals surface area contributed by atoms with Crippen LogP contribution in [0.15, 0.2) is 18.2 Å². The highest BCUT2D eigenvalue weighted by Gasteiger charge is 2.41. The molecule has 0 atom stereocenters. The number of carbonyl (C=O) groups excluding carboxylic acids is 2. The van der Waals surface area contributed by atoms with Crippen LogP contribution in [0.5, 0.6) is 5.75 Å². The summed E-state index contributed by atoms with van der Waals surface area (Å²) in [6.45, 7) is 3.56. The van der Waals surface area contributed by atoms with Crippen molar-refractivity contribution in [3.63, 3.8) is 0 Å². The van der Waals surface area contributed by atoms with Gasteiger partial charge in [-0.15, -0.1) is 0 Å². The van der Waals surface area contributed by atoms with Crippen LogP contribution < -0.4 is 15.4 Å². The molecule has 0 unspecified atom stereocenters. The van der Waals surface area contributed by atoms with E-state index in [1.165, 1.54) is 12.0 Å². The Morgan fingerprint density at radius 1 is 1.45 bits per heavy atom. The lowest BCUT2D eigenvalue weighted by atomic mass is 10.0. The smallest absolute Gasteiger partial charge is 0.325 e.